The summed E-state index contributed by atoms with van der Waals surface area (Å²) in [5, 5.41) is 30.3. The number of nitriles is 1. The number of anilines is 1. The zero-order valence-corrected chi connectivity index (χ0v) is 17.1. The van der Waals surface area contributed by atoms with Gasteiger partial charge in [0.15, 0.2) is 11.5 Å². The second kappa shape index (κ2) is 8.52. The fraction of sp³-hybridized carbons (Fsp3) is 0.250. The molecule has 1 fully saturated rings. The highest BCUT2D eigenvalue weighted by atomic mass is 19.1. The third-order valence-corrected chi connectivity index (χ3v) is 5.50. The summed E-state index contributed by atoms with van der Waals surface area (Å²) < 4.78 is 19.5. The molecule has 0 spiro atoms. The predicted octanol–water partition coefficient (Wildman–Crippen LogP) is 4.84. The molecule has 1 aliphatic rings. The van der Waals surface area contributed by atoms with Crippen molar-refractivity contribution in [3.63, 3.8) is 0 Å². The van der Waals surface area contributed by atoms with E-state index in [2.05, 4.69) is 4.90 Å². The highest BCUT2D eigenvalue weighted by Gasteiger charge is 2.21. The van der Waals surface area contributed by atoms with Crippen LogP contribution in [0.25, 0.3) is 22.4 Å². The van der Waals surface area contributed by atoms with Crippen molar-refractivity contribution in [1.29, 1.82) is 5.26 Å². The third-order valence-electron chi connectivity index (χ3n) is 5.50. The summed E-state index contributed by atoms with van der Waals surface area (Å²) in [5.74, 6) is 0.134. The van der Waals surface area contributed by atoms with Crippen molar-refractivity contribution < 1.29 is 19.3 Å². The van der Waals surface area contributed by atoms with Crippen LogP contribution in [0.2, 0.25) is 0 Å². The molecule has 0 unspecified atom stereocenters. The second-order valence-electron chi connectivity index (χ2n) is 7.46. The SMILES string of the molecule is COc1ccc(-c2c(O)cc(N3CCCCC3)nc2-c2ccc(C#N)c(F)c2)cc1O. The maximum atomic E-state index is 14.4. The van der Waals surface area contributed by atoms with Gasteiger partial charge in [-0.3, -0.25) is 0 Å². The minimum absolute atomic E-state index is 0.0279. The predicted molar refractivity (Wildman–Crippen MR) is 116 cm³/mol. The van der Waals surface area contributed by atoms with Crippen molar-refractivity contribution in [2.45, 2.75) is 19.3 Å². The summed E-state index contributed by atoms with van der Waals surface area (Å²) in [6, 6.07) is 12.4. The fourth-order valence-electron chi connectivity index (χ4n) is 3.90. The number of benzene rings is 2. The lowest BCUT2D eigenvalue weighted by atomic mass is 9.97. The highest BCUT2D eigenvalue weighted by Crippen LogP contribution is 2.42. The Kier molecular flexibility index (Phi) is 5.63. The van der Waals surface area contributed by atoms with E-state index in [0.717, 1.165) is 32.4 Å². The second-order valence-corrected chi connectivity index (χ2v) is 7.46. The Balaban J connectivity index is 1.92. The number of pyridine rings is 1. The van der Waals surface area contributed by atoms with Gasteiger partial charge in [-0.15, -0.1) is 0 Å². The van der Waals surface area contributed by atoms with Gasteiger partial charge in [0.05, 0.1) is 23.9 Å². The monoisotopic (exact) mass is 419 g/mol. The fourth-order valence-corrected chi connectivity index (χ4v) is 3.90. The van der Waals surface area contributed by atoms with Crippen LogP contribution in [-0.2, 0) is 0 Å². The van der Waals surface area contributed by atoms with Crippen LogP contribution in [-0.4, -0.2) is 35.4 Å². The maximum absolute atomic E-state index is 14.4. The number of phenolic OH excluding ortho intramolecular Hbond substituents is 1. The molecule has 2 heterocycles. The normalized spacial score (nSPS) is 13.6. The van der Waals surface area contributed by atoms with Crippen molar-refractivity contribution in [3.05, 3.63) is 53.8 Å². The first-order valence-electron chi connectivity index (χ1n) is 10.1. The van der Waals surface area contributed by atoms with Gasteiger partial charge in [-0.2, -0.15) is 5.26 Å². The molecule has 2 N–H and O–H groups in total. The molecule has 0 bridgehead atoms. The van der Waals surface area contributed by atoms with Gasteiger partial charge in [0.1, 0.15) is 23.5 Å². The molecule has 0 aliphatic carbocycles. The van der Waals surface area contributed by atoms with Crippen LogP contribution >= 0.6 is 0 Å². The molecule has 1 aliphatic heterocycles. The Morgan fingerprint density at radius 1 is 1.00 bits per heavy atom. The molecule has 6 nitrogen and oxygen atoms in total. The van der Waals surface area contributed by atoms with Crippen molar-refractivity contribution >= 4 is 5.82 Å². The van der Waals surface area contributed by atoms with Gasteiger partial charge in [0, 0.05) is 24.7 Å². The molecule has 31 heavy (non-hydrogen) atoms. The Bertz CT molecular complexity index is 1170. The number of aromatic hydroxyl groups is 2. The van der Waals surface area contributed by atoms with Gasteiger partial charge in [0.2, 0.25) is 0 Å². The van der Waals surface area contributed by atoms with Gasteiger partial charge in [-0.05, 0) is 49.1 Å². The molecule has 0 radical (unpaired) electrons. The summed E-state index contributed by atoms with van der Waals surface area (Å²) in [6.45, 7) is 1.66. The minimum atomic E-state index is -0.659. The summed E-state index contributed by atoms with van der Waals surface area (Å²) in [7, 11) is 1.45. The van der Waals surface area contributed by atoms with Crippen LogP contribution in [0.15, 0.2) is 42.5 Å². The maximum Gasteiger partial charge on any atom is 0.160 e. The molecule has 0 saturated carbocycles. The first-order chi connectivity index (χ1) is 15.0. The number of phenols is 1. The quantitative estimate of drug-likeness (QED) is 0.629. The van der Waals surface area contributed by atoms with E-state index in [4.69, 9.17) is 15.0 Å². The average molecular weight is 419 g/mol. The van der Waals surface area contributed by atoms with Gasteiger partial charge in [-0.25, -0.2) is 9.37 Å². The number of rotatable bonds is 4. The van der Waals surface area contributed by atoms with Crippen LogP contribution in [0.1, 0.15) is 24.8 Å². The lowest BCUT2D eigenvalue weighted by molar-refractivity contribution is 0.373. The van der Waals surface area contributed by atoms with Crippen molar-refractivity contribution in [3.8, 4) is 45.7 Å². The number of aromatic nitrogens is 1. The van der Waals surface area contributed by atoms with E-state index < -0.39 is 5.82 Å². The molecular formula is C24H22FN3O3. The van der Waals surface area contributed by atoms with E-state index in [1.165, 1.54) is 25.3 Å². The molecule has 0 atom stereocenters. The first-order valence-corrected chi connectivity index (χ1v) is 10.1. The first kappa shape index (κ1) is 20.5. The van der Waals surface area contributed by atoms with Crippen LogP contribution in [0.4, 0.5) is 10.2 Å². The van der Waals surface area contributed by atoms with E-state index in [1.54, 1.807) is 24.3 Å². The average Bonchev–Trinajstić information content (AvgIpc) is 2.79. The summed E-state index contributed by atoms with van der Waals surface area (Å²) in [5.41, 5.74) is 1.60. The number of methoxy groups -OCH3 is 1. The van der Waals surface area contributed by atoms with Gasteiger partial charge in [0.25, 0.3) is 0 Å². The summed E-state index contributed by atoms with van der Waals surface area (Å²) in [6.07, 6.45) is 3.23. The smallest absolute Gasteiger partial charge is 0.160 e. The van der Waals surface area contributed by atoms with Crippen molar-refractivity contribution in [2.75, 3.05) is 25.1 Å². The number of hydrogen-bond acceptors (Lipinski definition) is 6. The Hall–Kier alpha value is -3.79. The molecule has 158 valence electrons. The molecular weight excluding hydrogens is 397 g/mol. The lowest BCUT2D eigenvalue weighted by Crippen LogP contribution is -2.30. The largest absolute Gasteiger partial charge is 0.507 e. The Morgan fingerprint density at radius 2 is 1.74 bits per heavy atom. The number of hydrogen-bond donors (Lipinski definition) is 2. The van der Waals surface area contributed by atoms with Crippen LogP contribution in [0.5, 0.6) is 17.2 Å². The van der Waals surface area contributed by atoms with E-state index >= 15 is 0 Å². The summed E-state index contributed by atoms with van der Waals surface area (Å²) in [4.78, 5) is 6.88. The third kappa shape index (κ3) is 3.97. The lowest BCUT2D eigenvalue weighted by Gasteiger charge is -2.29. The Morgan fingerprint density at radius 3 is 2.39 bits per heavy atom. The van der Waals surface area contributed by atoms with Crippen LogP contribution in [0.3, 0.4) is 0 Å². The van der Waals surface area contributed by atoms with Gasteiger partial charge >= 0.3 is 0 Å². The van der Waals surface area contributed by atoms with Crippen LogP contribution < -0.4 is 9.64 Å². The Labute approximate surface area is 179 Å². The van der Waals surface area contributed by atoms with E-state index in [-0.39, 0.29) is 17.1 Å². The number of nitrogens with zero attached hydrogens (tertiary/aromatic N) is 3. The standard InChI is InChI=1S/C24H22FN3O3/c1-31-21-8-7-15(12-19(21)29)23-20(30)13-22(28-9-3-2-4-10-28)27-24(23)16-5-6-17(14-26)18(25)11-16/h5-8,11-13,29H,2-4,9-10H2,1H3,(H,27,30). The molecule has 1 saturated heterocycles. The van der Waals surface area contributed by atoms with Gasteiger partial charge < -0.3 is 19.8 Å². The topological polar surface area (TPSA) is 89.6 Å². The van der Waals surface area contributed by atoms with Crippen molar-refractivity contribution in [2.24, 2.45) is 0 Å². The summed E-state index contributed by atoms with van der Waals surface area (Å²) >= 11 is 0. The van der Waals surface area contributed by atoms with E-state index in [1.807, 2.05) is 6.07 Å². The van der Waals surface area contributed by atoms with E-state index in [9.17, 15) is 14.6 Å². The number of halogens is 1. The van der Waals surface area contributed by atoms with E-state index in [0.29, 0.717) is 34.0 Å². The molecule has 3 aromatic rings. The number of ether oxygens (including phenoxy) is 1. The van der Waals surface area contributed by atoms with Crippen molar-refractivity contribution in [1.82, 2.24) is 4.98 Å². The minimum Gasteiger partial charge on any atom is -0.507 e. The molecule has 0 amide bonds. The molecule has 2 aromatic carbocycles. The molecule has 4 rings (SSSR count). The van der Waals surface area contributed by atoms with Gasteiger partial charge in [-0.1, -0.05) is 12.1 Å². The molecule has 7 heteroatoms. The number of piperidine rings is 1. The zero-order valence-electron chi connectivity index (χ0n) is 17.1. The molecule has 1 aromatic heterocycles. The highest BCUT2D eigenvalue weighted by molar-refractivity contribution is 5.87. The zero-order chi connectivity index (χ0) is 22.0. The van der Waals surface area contributed by atoms with Crippen LogP contribution in [0, 0.1) is 17.1 Å².